The van der Waals surface area contributed by atoms with Crippen molar-refractivity contribution in [2.24, 2.45) is 0 Å². The fraction of sp³-hybridized carbons (Fsp3) is 0.500. The number of hydrogen-bond donors (Lipinski definition) is 3. The lowest BCUT2D eigenvalue weighted by Gasteiger charge is -2.22. The largest absolute Gasteiger partial charge is 0.513 e. The molecule has 63 heavy (non-hydrogen) atoms. The number of nitrogens with zero attached hydrogens (tertiary/aromatic N) is 1. The Morgan fingerprint density at radius 1 is 0.730 bits per heavy atom. The summed E-state index contributed by atoms with van der Waals surface area (Å²) < 4.78 is 86.5. The maximum atomic E-state index is 13.9. The van der Waals surface area contributed by atoms with Crippen molar-refractivity contribution in [3.8, 4) is 11.5 Å². The van der Waals surface area contributed by atoms with Crippen LogP contribution in [-0.2, 0) is 63.4 Å². The van der Waals surface area contributed by atoms with Crippen LogP contribution in [0.25, 0.3) is 0 Å². The van der Waals surface area contributed by atoms with Gasteiger partial charge in [0.1, 0.15) is 17.6 Å². The van der Waals surface area contributed by atoms with Crippen LogP contribution in [0.1, 0.15) is 107 Å². The Bertz CT molecular complexity index is 2230. The van der Waals surface area contributed by atoms with Crippen LogP contribution in [0, 0.1) is 6.92 Å². The average molecular weight is 945 g/mol. The predicted molar refractivity (Wildman–Crippen MR) is 227 cm³/mol. The lowest BCUT2D eigenvalue weighted by Crippen LogP contribution is -2.33. The molecule has 2 heterocycles. The van der Waals surface area contributed by atoms with Crippen molar-refractivity contribution in [1.82, 2.24) is 9.55 Å². The second kappa shape index (κ2) is 25.5. The van der Waals surface area contributed by atoms with Gasteiger partial charge in [-0.3, -0.25) is 32.7 Å². The number of phosphoric ester groups is 2. The molecule has 0 saturated carbocycles. The lowest BCUT2D eigenvalue weighted by atomic mass is 10.1. The highest BCUT2D eigenvalue weighted by molar-refractivity contribution is 7.67. The Morgan fingerprint density at radius 3 is 1.86 bits per heavy atom. The Balaban J connectivity index is 1.31. The van der Waals surface area contributed by atoms with Crippen molar-refractivity contribution in [2.45, 2.75) is 117 Å². The van der Waals surface area contributed by atoms with Gasteiger partial charge in [0.2, 0.25) is 0 Å². The number of hydrogen-bond acceptors (Lipinski definition) is 16. The third-order valence-electron chi connectivity index (χ3n) is 9.10. The van der Waals surface area contributed by atoms with Gasteiger partial charge in [-0.1, -0.05) is 102 Å². The molecule has 2 aromatic carbocycles. The molecule has 0 saturated heterocycles. The number of H-pyrrole nitrogens is 1. The molecule has 0 amide bonds. The summed E-state index contributed by atoms with van der Waals surface area (Å²) in [7, 11) is -16.4. The van der Waals surface area contributed by atoms with Crippen LogP contribution < -0.4 is 20.7 Å². The third-order valence-corrected chi connectivity index (χ3v) is 13.7. The van der Waals surface area contributed by atoms with E-state index < -0.39 is 79.0 Å². The zero-order chi connectivity index (χ0) is 45.9. The number of carbonyl (C=O) groups excluding carboxylic acids is 2. The van der Waals surface area contributed by atoms with Gasteiger partial charge in [-0.2, -0.15) is 8.62 Å². The minimum atomic E-state index is -5.81. The van der Waals surface area contributed by atoms with Crippen molar-refractivity contribution in [3.63, 3.8) is 0 Å². The van der Waals surface area contributed by atoms with Crippen LogP contribution in [0.3, 0.4) is 0 Å². The van der Waals surface area contributed by atoms with Gasteiger partial charge in [0.05, 0.1) is 26.4 Å². The number of unbranched alkanes of at least 4 members (excludes halogenated alkanes) is 9. The molecule has 0 bridgehead atoms. The van der Waals surface area contributed by atoms with E-state index in [9.17, 15) is 42.7 Å². The molecule has 348 valence electrons. The van der Waals surface area contributed by atoms with Gasteiger partial charge in [0, 0.05) is 18.2 Å². The summed E-state index contributed by atoms with van der Waals surface area (Å²) >= 11 is 0. The molecule has 0 spiro atoms. The van der Waals surface area contributed by atoms with Crippen molar-refractivity contribution in [2.75, 3.05) is 13.2 Å². The topological polar surface area (TPSA) is 264 Å². The van der Waals surface area contributed by atoms with Crippen LogP contribution in [0.15, 0.2) is 76.5 Å². The van der Waals surface area contributed by atoms with Crippen LogP contribution in [0.2, 0.25) is 0 Å². The molecule has 23 heteroatoms. The van der Waals surface area contributed by atoms with Gasteiger partial charge in [-0.15, -0.1) is 0 Å². The van der Waals surface area contributed by atoms with Crippen molar-refractivity contribution in [3.05, 3.63) is 104 Å². The summed E-state index contributed by atoms with van der Waals surface area (Å²) in [6, 6.07) is 11.3. The van der Waals surface area contributed by atoms with Crippen LogP contribution in [0.4, 0.5) is 4.79 Å². The Kier molecular flexibility index (Phi) is 20.9. The highest BCUT2D eigenvalue weighted by Crippen LogP contribution is 2.69. The fourth-order valence-electron chi connectivity index (χ4n) is 5.75. The van der Waals surface area contributed by atoms with E-state index >= 15 is 0 Å². The number of rotatable bonds is 28. The second-order valence-corrected chi connectivity index (χ2v) is 19.2. The van der Waals surface area contributed by atoms with E-state index in [1.807, 2.05) is 0 Å². The first-order valence-electron chi connectivity index (χ1n) is 20.5. The van der Waals surface area contributed by atoms with Gasteiger partial charge in [0.15, 0.2) is 6.23 Å². The number of ether oxygens (including phenoxy) is 4. The van der Waals surface area contributed by atoms with Gasteiger partial charge < -0.3 is 28.7 Å². The summed E-state index contributed by atoms with van der Waals surface area (Å²) in [6.07, 6.45) is 12.5. The maximum absolute atomic E-state index is 13.9. The first-order valence-corrected chi connectivity index (χ1v) is 24.9. The summed E-state index contributed by atoms with van der Waals surface area (Å²) in [5, 5.41) is 0. The fourth-order valence-corrected chi connectivity index (χ4v) is 9.78. The number of aromatic nitrogens is 2. The predicted octanol–water partition coefficient (Wildman–Crippen LogP) is 8.84. The highest BCUT2D eigenvalue weighted by Gasteiger charge is 2.44. The molecular weight excluding hydrogens is 889 g/mol. The lowest BCUT2D eigenvalue weighted by molar-refractivity contribution is -0.134. The molecule has 3 aromatic rings. The van der Waals surface area contributed by atoms with Gasteiger partial charge in [-0.25, -0.2) is 23.3 Å². The number of esters is 1. The van der Waals surface area contributed by atoms with Gasteiger partial charge >= 0.3 is 41.3 Å². The summed E-state index contributed by atoms with van der Waals surface area (Å²) in [5.74, 6) is -0.156. The van der Waals surface area contributed by atoms with Crippen LogP contribution in [-0.4, -0.2) is 50.8 Å². The SMILES string of the molecule is CCCCCCCCCCCCOC(=O)Oc1ccc(COP(=O)(OCc2ccc(OC(=O)CC)cc2)OP(=O)(O)OP(=O)(O)OC[C@@H]2C=C[C@H](n3cc(C)c(=O)[nH]c3=O)O2)cc1. The molecule has 1 aliphatic rings. The molecule has 1 aliphatic heterocycles. The second-order valence-electron chi connectivity index (χ2n) is 14.3. The number of nitrogens with one attached hydrogen (secondary N) is 1. The molecule has 0 aliphatic carbocycles. The molecule has 1 aromatic heterocycles. The molecule has 4 rings (SSSR count). The minimum absolute atomic E-state index is 0.122. The van der Waals surface area contributed by atoms with E-state index in [0.717, 1.165) is 23.8 Å². The summed E-state index contributed by atoms with van der Waals surface area (Å²) in [5.41, 5.74) is -0.549. The molecule has 0 radical (unpaired) electrons. The number of benzene rings is 2. The smallest absolute Gasteiger partial charge is 0.434 e. The zero-order valence-electron chi connectivity index (χ0n) is 35.3. The minimum Gasteiger partial charge on any atom is -0.434 e. The Labute approximate surface area is 364 Å². The summed E-state index contributed by atoms with van der Waals surface area (Å²) in [4.78, 5) is 70.7. The number of aryl methyl sites for hydroxylation is 1. The molecule has 5 atom stereocenters. The number of phosphoric acid groups is 3. The van der Waals surface area contributed by atoms with Gasteiger partial charge in [0.25, 0.3) is 5.56 Å². The van der Waals surface area contributed by atoms with E-state index in [-0.39, 0.29) is 30.1 Å². The van der Waals surface area contributed by atoms with Crippen molar-refractivity contribution < 1.29 is 74.2 Å². The first kappa shape index (κ1) is 51.6. The maximum Gasteiger partial charge on any atom is 0.513 e. The van der Waals surface area contributed by atoms with Gasteiger partial charge in [-0.05, 0) is 54.8 Å². The quantitative estimate of drug-likeness (QED) is 0.0153. The molecule has 3 unspecified atom stereocenters. The monoisotopic (exact) mass is 944 g/mol. The van der Waals surface area contributed by atoms with Crippen LogP contribution >= 0.6 is 23.5 Å². The van der Waals surface area contributed by atoms with E-state index in [0.29, 0.717) is 17.5 Å². The van der Waals surface area contributed by atoms with E-state index in [2.05, 4.69) is 16.2 Å². The molecule has 0 fully saturated rings. The summed E-state index contributed by atoms with van der Waals surface area (Å²) in [6.45, 7) is 3.61. The van der Waals surface area contributed by atoms with E-state index in [1.54, 1.807) is 6.92 Å². The number of aromatic amines is 1. The van der Waals surface area contributed by atoms with Crippen molar-refractivity contribution in [1.29, 1.82) is 0 Å². The van der Waals surface area contributed by atoms with E-state index in [4.69, 9.17) is 36.8 Å². The molecule has 20 nitrogen and oxygen atoms in total. The molecule has 3 N–H and O–H groups in total. The average Bonchev–Trinajstić information content (AvgIpc) is 3.71. The third kappa shape index (κ3) is 18.9. The van der Waals surface area contributed by atoms with E-state index in [1.165, 1.54) is 112 Å². The van der Waals surface area contributed by atoms with Crippen LogP contribution in [0.5, 0.6) is 11.5 Å². The Hall–Kier alpha value is -4.03. The normalized spacial score (nSPS) is 17.7. The van der Waals surface area contributed by atoms with Crippen molar-refractivity contribution >= 4 is 35.6 Å². The highest BCUT2D eigenvalue weighted by atomic mass is 31.3. The first-order chi connectivity index (χ1) is 30.0. The standard InChI is InChI=1S/C40H55N2O18P3/c1-4-6-7-8-9-10-11-12-13-14-25-52-40(46)58-34-21-17-32(18-22-34)28-55-63(51,54-27-31-15-19-33(20-16-31)57-37(43)5-2)60-62(49,50)59-61(47,48)53-29-35-23-24-36(56-35)42-26-30(3)38(44)41-39(42)45/h15-24,26,35-36H,4-14,25,27-29H2,1-3H3,(H,47,48)(H,49,50)(H,41,44,45)/t35-,36+,63?/m0/s1. The zero-order valence-corrected chi connectivity index (χ0v) is 38.0. The number of carbonyl (C=O) groups is 2. The Morgan fingerprint density at radius 2 is 1.29 bits per heavy atom. The molecular formula is C40H55N2O18P3.